The topological polar surface area (TPSA) is 20.7 Å². The van der Waals surface area contributed by atoms with Gasteiger partial charge in [-0.3, -0.25) is 0 Å². The molecule has 2 nitrogen and oxygen atoms in total. The predicted molar refractivity (Wildman–Crippen MR) is 161 cm³/mol. The largest absolute Gasteiger partial charge is 0.354 e. The van der Waals surface area contributed by atoms with Crippen LogP contribution in [0.2, 0.25) is 1.41 Å². The lowest BCUT2D eigenvalue weighted by Crippen LogP contribution is -1.96. The van der Waals surface area contributed by atoms with E-state index in [1.54, 1.807) is 4.57 Å². The van der Waals surface area contributed by atoms with Gasteiger partial charge in [-0.05, 0) is 64.6 Å². The van der Waals surface area contributed by atoms with Gasteiger partial charge in [-0.1, -0.05) is 96.9 Å². The van der Waals surface area contributed by atoms with Gasteiger partial charge in [0.05, 0.1) is 24.7 Å². The van der Waals surface area contributed by atoms with Crippen LogP contribution in [0.25, 0.3) is 71.6 Å². The molecule has 8 aromatic rings. The number of hydrogen-bond acceptors (Lipinski definition) is 0. The lowest BCUT2D eigenvalue weighted by molar-refractivity contribution is 1.18. The highest BCUT2D eigenvalue weighted by atomic mass is 15.0. The molecule has 0 spiro atoms. The summed E-state index contributed by atoms with van der Waals surface area (Å²) in [6, 6.07) is 20.5. The maximum atomic E-state index is 9.58. The zero-order valence-corrected chi connectivity index (χ0v) is 19.9. The maximum Gasteiger partial charge on any atom is 0.167 e. The van der Waals surface area contributed by atoms with Crippen LogP contribution in [0.3, 0.4) is 0 Å². The molecule has 178 valence electrons. The van der Waals surface area contributed by atoms with Crippen LogP contribution >= 0.6 is 0 Å². The summed E-state index contributed by atoms with van der Waals surface area (Å²) in [5.74, 6) is 0. The first-order chi connectivity index (χ1) is 23.4. The third-order valence-electron chi connectivity index (χ3n) is 6.86. The summed E-state index contributed by atoms with van der Waals surface area (Å²) in [4.78, 5) is 0.759. The second-order valence-electron chi connectivity index (χ2n) is 9.09. The van der Waals surface area contributed by atoms with Crippen molar-refractivity contribution in [2.24, 2.45) is 0 Å². The van der Waals surface area contributed by atoms with Gasteiger partial charge in [0.15, 0.2) is 1.41 Å². The summed E-state index contributed by atoms with van der Waals surface area (Å²) in [5.41, 5.74) is 3.58. The van der Waals surface area contributed by atoms with E-state index in [1.807, 2.05) is 78.9 Å². The molecule has 1 N–H and O–H groups in total. The van der Waals surface area contributed by atoms with Crippen molar-refractivity contribution >= 4 is 43.6 Å². The molecule has 0 aliphatic carbocycles. The standard InChI is InChI=1S/C36H24N2/c1-3-11-24(12-4-1)26-19-27(25-13-5-2-6-14-25)21-28(20-26)38-35-18-10-8-16-30(35)32-22-31-29-15-7-9-17-33(29)37-34(31)23-36(32)38/h1-23,37H/i7D,8D,9D,10D,15D,16D,17D,18D,22D,23D/hD. The van der Waals surface area contributed by atoms with Gasteiger partial charge in [0, 0.05) is 38.3 Å². The highest BCUT2D eigenvalue weighted by Gasteiger charge is 2.16. The van der Waals surface area contributed by atoms with Crippen LogP contribution in [-0.2, 0) is 0 Å². The number of benzene rings is 6. The summed E-state index contributed by atoms with van der Waals surface area (Å²) in [6.45, 7) is 0. The number of nitrogens with zero attached hydrogens (tertiary/aromatic N) is 1. The highest BCUT2D eigenvalue weighted by Crippen LogP contribution is 2.39. The number of para-hydroxylation sites is 2. The Morgan fingerprint density at radius 2 is 1.16 bits per heavy atom. The fourth-order valence-electron chi connectivity index (χ4n) is 5.14. The molecule has 0 amide bonds. The van der Waals surface area contributed by atoms with E-state index in [9.17, 15) is 2.74 Å². The number of nitrogens with one attached hydrogen (secondary N) is 1. The molecule has 0 unspecified atom stereocenters. The number of fused-ring (bicyclic) bond motifs is 6. The lowest BCUT2D eigenvalue weighted by atomic mass is 9.98. The molecule has 0 saturated carbocycles. The van der Waals surface area contributed by atoms with Gasteiger partial charge in [0.2, 0.25) is 0 Å². The molecule has 2 heteroatoms. The molecule has 0 aliphatic rings. The van der Waals surface area contributed by atoms with Crippen molar-refractivity contribution in [3.05, 3.63) is 139 Å². The Morgan fingerprint density at radius 3 is 1.87 bits per heavy atom. The average Bonchev–Trinajstić information content (AvgIpc) is 3.65. The molecule has 2 aromatic heterocycles. The minimum absolute atomic E-state index is 0.000470. The smallest absolute Gasteiger partial charge is 0.167 e. The minimum Gasteiger partial charge on any atom is -0.354 e. The van der Waals surface area contributed by atoms with E-state index in [4.69, 9.17) is 12.4 Å². The van der Waals surface area contributed by atoms with Crippen LogP contribution in [0.4, 0.5) is 0 Å². The second kappa shape index (κ2) is 8.22. The third-order valence-corrected chi connectivity index (χ3v) is 6.86. The van der Waals surface area contributed by atoms with E-state index >= 15 is 0 Å². The van der Waals surface area contributed by atoms with E-state index in [0.717, 1.165) is 27.2 Å². The molecular weight excluding hydrogens is 460 g/mol. The van der Waals surface area contributed by atoms with Crippen LogP contribution in [0, 0.1) is 0 Å². The van der Waals surface area contributed by atoms with Crippen molar-refractivity contribution in [1.29, 1.82) is 0 Å². The Labute approximate surface area is 235 Å². The Balaban J connectivity index is 1.65. The number of aromatic nitrogens is 2. The number of aromatic amines is 1. The van der Waals surface area contributed by atoms with Crippen molar-refractivity contribution in [1.82, 2.24) is 9.54 Å². The first kappa shape index (κ1) is 12.9. The van der Waals surface area contributed by atoms with Gasteiger partial charge in [-0.15, -0.1) is 0 Å². The van der Waals surface area contributed by atoms with Gasteiger partial charge in [0.1, 0.15) is 0 Å². The monoisotopic (exact) mass is 495 g/mol. The van der Waals surface area contributed by atoms with Crippen LogP contribution in [-0.4, -0.2) is 9.54 Å². The molecule has 38 heavy (non-hydrogen) atoms. The van der Waals surface area contributed by atoms with Gasteiger partial charge >= 0.3 is 0 Å². The lowest BCUT2D eigenvalue weighted by Gasteiger charge is -2.14. The third kappa shape index (κ3) is 3.21. The van der Waals surface area contributed by atoms with Gasteiger partial charge < -0.3 is 9.54 Å². The number of H-pyrrole nitrogens is 1. The van der Waals surface area contributed by atoms with Crippen molar-refractivity contribution in [3.63, 3.8) is 0 Å². The summed E-state index contributed by atoms with van der Waals surface area (Å²) in [5, 5.41) is -0.148. The van der Waals surface area contributed by atoms with Crippen molar-refractivity contribution < 1.29 is 15.1 Å². The molecule has 0 fully saturated rings. The van der Waals surface area contributed by atoms with Gasteiger partial charge in [-0.2, -0.15) is 0 Å². The molecule has 0 radical (unpaired) electrons. The van der Waals surface area contributed by atoms with E-state index in [2.05, 4.69) is 0 Å². The van der Waals surface area contributed by atoms with E-state index in [0.29, 0.717) is 5.69 Å². The van der Waals surface area contributed by atoms with E-state index in [-0.39, 0.29) is 61.7 Å². The molecule has 0 bridgehead atoms. The van der Waals surface area contributed by atoms with Crippen molar-refractivity contribution in [2.75, 3.05) is 0 Å². The molecule has 0 saturated heterocycles. The van der Waals surface area contributed by atoms with Gasteiger partial charge in [0.25, 0.3) is 0 Å². The predicted octanol–water partition coefficient (Wildman–Crippen LogP) is 9.75. The van der Waals surface area contributed by atoms with Gasteiger partial charge in [-0.25, -0.2) is 0 Å². The van der Waals surface area contributed by atoms with Crippen molar-refractivity contribution in [2.45, 2.75) is 0 Å². The quantitative estimate of drug-likeness (QED) is 0.252. The van der Waals surface area contributed by atoms with Crippen LogP contribution in [0.1, 0.15) is 13.7 Å². The van der Waals surface area contributed by atoms with E-state index in [1.165, 1.54) is 0 Å². The number of hydrogen-bond donors (Lipinski definition) is 1. The second-order valence-corrected chi connectivity index (χ2v) is 9.09. The Bertz CT molecular complexity index is 2660. The van der Waals surface area contributed by atoms with Crippen LogP contribution in [0.5, 0.6) is 0 Å². The summed E-state index contributed by atoms with van der Waals surface area (Å²) < 4.78 is 98.6. The zero-order valence-electron chi connectivity index (χ0n) is 30.9. The first-order valence-corrected chi connectivity index (χ1v) is 12.2. The SMILES string of the molecule is [2H]c1c([2H])c([2H])c2c(c1[2H])c1c([2H])c3c4c([2H])c([2H])c([2H])c([2H])c4n(-c4cc(-c5ccccc5)cc(-c5ccccc5)c4)c3c([2H])c1n2[2H]. The maximum absolute atomic E-state index is 9.58. The molecular formula is C36H24N2. The fraction of sp³-hybridized carbons (Fsp3) is 0. The average molecular weight is 496 g/mol. The normalized spacial score (nSPS) is 15.7. The summed E-state index contributed by atoms with van der Waals surface area (Å²) in [6.07, 6.45) is 0. The Hall–Kier alpha value is -5.08. The molecule has 2 heterocycles. The highest BCUT2D eigenvalue weighted by molar-refractivity contribution is 6.18. The molecule has 8 rings (SSSR count). The van der Waals surface area contributed by atoms with E-state index < -0.39 is 42.3 Å². The number of rotatable bonds is 3. The van der Waals surface area contributed by atoms with Crippen LogP contribution in [0.15, 0.2) is 139 Å². The summed E-state index contributed by atoms with van der Waals surface area (Å²) >= 11 is 0. The van der Waals surface area contributed by atoms with Crippen molar-refractivity contribution in [3.8, 4) is 27.9 Å². The molecule has 0 aliphatic heterocycles. The Kier molecular flexibility index (Phi) is 2.80. The Morgan fingerprint density at radius 1 is 0.526 bits per heavy atom. The first-order valence-electron chi connectivity index (χ1n) is 17.6. The van der Waals surface area contributed by atoms with Crippen LogP contribution < -0.4 is 0 Å². The molecule has 0 atom stereocenters. The summed E-state index contributed by atoms with van der Waals surface area (Å²) in [7, 11) is 0. The minimum atomic E-state index is -0.549. The zero-order chi connectivity index (χ0) is 34.6. The fourth-order valence-corrected chi connectivity index (χ4v) is 5.14. The molecule has 6 aromatic carbocycles.